The van der Waals surface area contributed by atoms with E-state index in [1.165, 1.54) is 4.90 Å². The van der Waals surface area contributed by atoms with Crippen molar-refractivity contribution in [2.45, 2.75) is 13.5 Å². The monoisotopic (exact) mass is 326 g/mol. The summed E-state index contributed by atoms with van der Waals surface area (Å²) < 4.78 is 1.87. The molecule has 2 aromatic rings. The van der Waals surface area contributed by atoms with Crippen molar-refractivity contribution in [3.63, 3.8) is 0 Å². The fraction of sp³-hybridized carbons (Fsp3) is 0.267. The van der Waals surface area contributed by atoms with Crippen molar-refractivity contribution in [3.05, 3.63) is 34.6 Å². The van der Waals surface area contributed by atoms with Gasteiger partial charge in [-0.05, 0) is 19.1 Å². The van der Waals surface area contributed by atoms with Gasteiger partial charge < -0.3 is 4.90 Å². The molecule has 7 nitrogen and oxygen atoms in total. The SMILES string of the molecule is Cc1ccc(-c2n[nH]c(=S)n2CC(=O)N(CC#N)CC#N)cc1. The molecule has 0 radical (unpaired) electrons. The van der Waals surface area contributed by atoms with Crippen LogP contribution in [-0.2, 0) is 11.3 Å². The number of H-pyrrole nitrogens is 1. The Kier molecular flexibility index (Phi) is 5.23. The number of aryl methyl sites for hydroxylation is 1. The molecule has 0 aliphatic rings. The summed E-state index contributed by atoms with van der Waals surface area (Å²) in [5, 5.41) is 24.3. The molecule has 0 unspecified atom stereocenters. The summed E-state index contributed by atoms with van der Waals surface area (Å²) >= 11 is 5.18. The molecule has 1 heterocycles. The topological polar surface area (TPSA) is 102 Å². The van der Waals surface area contributed by atoms with E-state index in [0.29, 0.717) is 10.6 Å². The number of carbonyl (C=O) groups is 1. The van der Waals surface area contributed by atoms with Gasteiger partial charge in [0.25, 0.3) is 0 Å². The lowest BCUT2D eigenvalue weighted by atomic mass is 10.1. The standard InChI is InChI=1S/C15H14N6OS/c1-11-2-4-12(5-3-11)14-18-19-15(23)21(14)10-13(22)20(8-6-16)9-7-17/h2-5H,8-10H2,1H3,(H,19,23). The first-order chi connectivity index (χ1) is 11.1. The molecule has 0 saturated heterocycles. The fourth-order valence-electron chi connectivity index (χ4n) is 2.03. The van der Waals surface area contributed by atoms with Gasteiger partial charge in [-0.2, -0.15) is 15.6 Å². The summed E-state index contributed by atoms with van der Waals surface area (Å²) in [5.41, 5.74) is 1.93. The van der Waals surface area contributed by atoms with E-state index in [1.807, 2.05) is 43.3 Å². The van der Waals surface area contributed by atoms with Crippen LogP contribution in [-0.4, -0.2) is 38.7 Å². The molecule has 1 aromatic carbocycles. The number of hydrogen-bond donors (Lipinski definition) is 1. The van der Waals surface area contributed by atoms with Gasteiger partial charge in [0.1, 0.15) is 19.6 Å². The molecule has 23 heavy (non-hydrogen) atoms. The highest BCUT2D eigenvalue weighted by molar-refractivity contribution is 7.71. The second-order valence-corrected chi connectivity index (χ2v) is 5.26. The molecule has 0 aliphatic heterocycles. The smallest absolute Gasteiger partial charge is 0.244 e. The zero-order valence-corrected chi connectivity index (χ0v) is 13.3. The molecule has 0 atom stereocenters. The Balaban J connectivity index is 2.30. The van der Waals surface area contributed by atoms with Gasteiger partial charge in [-0.15, -0.1) is 0 Å². The van der Waals surface area contributed by atoms with E-state index in [2.05, 4.69) is 10.2 Å². The van der Waals surface area contributed by atoms with Crippen LogP contribution in [0.4, 0.5) is 0 Å². The predicted octanol–water partition coefficient (Wildman–Crippen LogP) is 1.79. The zero-order valence-electron chi connectivity index (χ0n) is 12.5. The van der Waals surface area contributed by atoms with Crippen molar-refractivity contribution in [2.75, 3.05) is 13.1 Å². The number of benzene rings is 1. The van der Waals surface area contributed by atoms with E-state index in [1.54, 1.807) is 4.57 Å². The Morgan fingerprint density at radius 1 is 1.30 bits per heavy atom. The van der Waals surface area contributed by atoms with Crippen molar-refractivity contribution >= 4 is 18.1 Å². The molecule has 0 spiro atoms. The highest BCUT2D eigenvalue weighted by Gasteiger charge is 2.17. The summed E-state index contributed by atoms with van der Waals surface area (Å²) in [6.45, 7) is 1.61. The van der Waals surface area contributed by atoms with Crippen LogP contribution in [0.15, 0.2) is 24.3 Å². The first-order valence-electron chi connectivity index (χ1n) is 6.80. The zero-order chi connectivity index (χ0) is 16.8. The Hall–Kier alpha value is -2.97. The number of nitriles is 2. The first kappa shape index (κ1) is 16.4. The van der Waals surface area contributed by atoms with Crippen LogP contribution in [0.5, 0.6) is 0 Å². The molecule has 0 bridgehead atoms. The molecule has 0 fully saturated rings. The van der Waals surface area contributed by atoms with Crippen molar-refractivity contribution in [1.82, 2.24) is 19.7 Å². The quantitative estimate of drug-likeness (QED) is 0.667. The average molecular weight is 326 g/mol. The summed E-state index contributed by atoms with van der Waals surface area (Å²) in [7, 11) is 0. The van der Waals surface area contributed by atoms with Crippen LogP contribution in [0, 0.1) is 34.4 Å². The predicted molar refractivity (Wildman–Crippen MR) is 85.4 cm³/mol. The van der Waals surface area contributed by atoms with Crippen molar-refractivity contribution in [2.24, 2.45) is 0 Å². The van der Waals surface area contributed by atoms with E-state index in [9.17, 15) is 4.79 Å². The Morgan fingerprint density at radius 2 is 1.91 bits per heavy atom. The van der Waals surface area contributed by atoms with Gasteiger partial charge in [-0.1, -0.05) is 29.8 Å². The van der Waals surface area contributed by atoms with Gasteiger partial charge in [-0.3, -0.25) is 14.5 Å². The number of carbonyl (C=O) groups excluding carboxylic acids is 1. The molecular weight excluding hydrogens is 312 g/mol. The van der Waals surface area contributed by atoms with Crippen LogP contribution in [0.3, 0.4) is 0 Å². The van der Waals surface area contributed by atoms with Crippen LogP contribution in [0.1, 0.15) is 5.56 Å². The van der Waals surface area contributed by atoms with Crippen LogP contribution < -0.4 is 0 Å². The highest BCUT2D eigenvalue weighted by atomic mass is 32.1. The fourth-order valence-corrected chi connectivity index (χ4v) is 2.22. The van der Waals surface area contributed by atoms with Gasteiger partial charge >= 0.3 is 0 Å². The Bertz CT molecular complexity index is 821. The Labute approximate surface area is 138 Å². The lowest BCUT2D eigenvalue weighted by Gasteiger charge is -2.16. The van der Waals surface area contributed by atoms with E-state index in [4.69, 9.17) is 22.7 Å². The molecule has 1 N–H and O–H groups in total. The molecule has 2 rings (SSSR count). The van der Waals surface area contributed by atoms with Gasteiger partial charge in [-0.25, -0.2) is 0 Å². The number of amides is 1. The minimum Gasteiger partial charge on any atom is -0.314 e. The van der Waals surface area contributed by atoms with Gasteiger partial charge in [0, 0.05) is 5.56 Å². The number of aromatic amines is 1. The Morgan fingerprint density at radius 3 is 2.48 bits per heavy atom. The number of nitrogens with zero attached hydrogens (tertiary/aromatic N) is 5. The summed E-state index contributed by atoms with van der Waals surface area (Å²) in [4.78, 5) is 13.5. The van der Waals surface area contributed by atoms with E-state index >= 15 is 0 Å². The minimum absolute atomic E-state index is 0.0814. The van der Waals surface area contributed by atoms with Crippen molar-refractivity contribution in [3.8, 4) is 23.5 Å². The van der Waals surface area contributed by atoms with Crippen LogP contribution in [0.25, 0.3) is 11.4 Å². The highest BCUT2D eigenvalue weighted by Crippen LogP contribution is 2.18. The third-order valence-electron chi connectivity index (χ3n) is 3.24. The average Bonchev–Trinajstić information content (AvgIpc) is 2.89. The summed E-state index contributed by atoms with van der Waals surface area (Å²) in [5.74, 6) is 0.177. The maximum absolute atomic E-state index is 12.3. The molecule has 116 valence electrons. The summed E-state index contributed by atoms with van der Waals surface area (Å²) in [6, 6.07) is 11.4. The van der Waals surface area contributed by atoms with Gasteiger partial charge in [0.15, 0.2) is 10.6 Å². The lowest BCUT2D eigenvalue weighted by molar-refractivity contribution is -0.130. The summed E-state index contributed by atoms with van der Waals surface area (Å²) in [6.07, 6.45) is 0. The van der Waals surface area contributed by atoms with E-state index < -0.39 is 0 Å². The van der Waals surface area contributed by atoms with E-state index in [-0.39, 0.29) is 25.5 Å². The van der Waals surface area contributed by atoms with Crippen LogP contribution >= 0.6 is 12.2 Å². The second kappa shape index (κ2) is 7.34. The third kappa shape index (κ3) is 3.82. The van der Waals surface area contributed by atoms with Crippen molar-refractivity contribution < 1.29 is 4.79 Å². The number of nitrogens with one attached hydrogen (secondary N) is 1. The molecule has 0 aliphatic carbocycles. The van der Waals surface area contributed by atoms with E-state index in [0.717, 1.165) is 11.1 Å². The number of hydrogen-bond acceptors (Lipinski definition) is 5. The second-order valence-electron chi connectivity index (χ2n) is 4.87. The molecule has 1 aromatic heterocycles. The molecule has 8 heteroatoms. The largest absolute Gasteiger partial charge is 0.314 e. The molecule has 1 amide bonds. The minimum atomic E-state index is -0.362. The first-order valence-corrected chi connectivity index (χ1v) is 7.21. The van der Waals surface area contributed by atoms with Gasteiger partial charge in [0.05, 0.1) is 12.1 Å². The molecule has 0 saturated carbocycles. The maximum Gasteiger partial charge on any atom is 0.244 e. The molecular formula is C15H14N6OS. The lowest BCUT2D eigenvalue weighted by Crippen LogP contribution is -2.34. The van der Waals surface area contributed by atoms with Gasteiger partial charge in [0.2, 0.25) is 5.91 Å². The number of rotatable bonds is 5. The van der Waals surface area contributed by atoms with Crippen molar-refractivity contribution in [1.29, 1.82) is 10.5 Å². The normalized spacial score (nSPS) is 9.87. The maximum atomic E-state index is 12.3. The third-order valence-corrected chi connectivity index (χ3v) is 3.55. The number of aromatic nitrogens is 3. The van der Waals surface area contributed by atoms with Crippen LogP contribution in [0.2, 0.25) is 0 Å².